The molecule has 0 fully saturated rings. The highest BCUT2D eigenvalue weighted by Gasteiger charge is 2.31. The van der Waals surface area contributed by atoms with Crippen molar-refractivity contribution in [3.05, 3.63) is 47.9 Å². The van der Waals surface area contributed by atoms with Crippen LogP contribution in [0.4, 0.5) is 4.79 Å². The first kappa shape index (κ1) is 20.8. The molecule has 0 aliphatic carbocycles. The zero-order valence-corrected chi connectivity index (χ0v) is 17.4. The minimum atomic E-state index is -0.416. The normalized spacial score (nSPS) is 16.2. The lowest BCUT2D eigenvalue weighted by molar-refractivity contribution is -0.139. The lowest BCUT2D eigenvalue weighted by Gasteiger charge is -2.28. The van der Waals surface area contributed by atoms with Crippen LogP contribution in [0.2, 0.25) is 0 Å². The number of aromatic nitrogens is 2. The number of ether oxygens (including phenoxy) is 2. The van der Waals surface area contributed by atoms with Gasteiger partial charge in [-0.05, 0) is 37.6 Å². The molecule has 2 N–H and O–H groups in total. The van der Waals surface area contributed by atoms with E-state index in [0.29, 0.717) is 23.4 Å². The van der Waals surface area contributed by atoms with E-state index in [1.807, 2.05) is 42.0 Å². The zero-order chi connectivity index (χ0) is 20.8. The molecule has 1 aliphatic rings. The molecule has 2 amide bonds. The van der Waals surface area contributed by atoms with Crippen LogP contribution < -0.4 is 15.4 Å². The monoisotopic (exact) mass is 416 g/mol. The van der Waals surface area contributed by atoms with Crippen LogP contribution in [0.15, 0.2) is 53.1 Å². The van der Waals surface area contributed by atoms with E-state index in [9.17, 15) is 9.59 Å². The first-order valence-corrected chi connectivity index (χ1v) is 10.3. The Bertz CT molecular complexity index is 907. The molecule has 0 radical (unpaired) electrons. The van der Waals surface area contributed by atoms with Crippen LogP contribution in [0.5, 0.6) is 5.75 Å². The van der Waals surface area contributed by atoms with E-state index in [1.165, 1.54) is 11.8 Å². The Labute approximate surface area is 173 Å². The van der Waals surface area contributed by atoms with Crippen LogP contribution in [0.25, 0.3) is 5.69 Å². The summed E-state index contributed by atoms with van der Waals surface area (Å²) in [7, 11) is 1.62. The van der Waals surface area contributed by atoms with Crippen molar-refractivity contribution in [2.24, 2.45) is 0 Å². The molecule has 9 heteroatoms. The molecule has 1 aromatic heterocycles. The minimum absolute atomic E-state index is 0.273. The number of nitrogens with one attached hydrogen (secondary N) is 2. The minimum Gasteiger partial charge on any atom is -0.497 e. The maximum atomic E-state index is 12.5. The van der Waals surface area contributed by atoms with Crippen molar-refractivity contribution in [1.29, 1.82) is 0 Å². The van der Waals surface area contributed by atoms with Gasteiger partial charge in [0.2, 0.25) is 0 Å². The van der Waals surface area contributed by atoms with E-state index in [2.05, 4.69) is 15.6 Å². The van der Waals surface area contributed by atoms with Gasteiger partial charge in [0.25, 0.3) is 0 Å². The first-order chi connectivity index (χ1) is 14.1. The number of imidazole rings is 1. The smallest absolute Gasteiger partial charge is 0.337 e. The molecule has 0 saturated heterocycles. The molecule has 2 aromatic rings. The topological polar surface area (TPSA) is 94.5 Å². The summed E-state index contributed by atoms with van der Waals surface area (Å²) in [5, 5.41) is 6.28. The maximum Gasteiger partial charge on any atom is 0.337 e. The van der Waals surface area contributed by atoms with Gasteiger partial charge in [-0.25, -0.2) is 14.6 Å². The summed E-state index contributed by atoms with van der Waals surface area (Å²) in [6.07, 6.45) is 4.17. The molecular weight excluding hydrogens is 392 g/mol. The molecule has 8 nitrogen and oxygen atoms in total. The number of amides is 2. The van der Waals surface area contributed by atoms with E-state index < -0.39 is 5.97 Å². The molecule has 1 aliphatic heterocycles. The van der Waals surface area contributed by atoms with Crippen molar-refractivity contribution in [2.75, 3.05) is 19.5 Å². The van der Waals surface area contributed by atoms with Crippen molar-refractivity contribution in [3.63, 3.8) is 0 Å². The highest BCUT2D eigenvalue weighted by molar-refractivity contribution is 7.99. The van der Waals surface area contributed by atoms with Crippen LogP contribution in [-0.2, 0) is 9.53 Å². The summed E-state index contributed by atoms with van der Waals surface area (Å²) in [6, 6.07) is 6.94. The Kier molecular flexibility index (Phi) is 6.82. The molecule has 0 bridgehead atoms. The summed E-state index contributed by atoms with van der Waals surface area (Å²) >= 11 is 1.43. The fraction of sp³-hybridized carbons (Fsp3) is 0.350. The molecule has 29 heavy (non-hydrogen) atoms. The van der Waals surface area contributed by atoms with E-state index >= 15 is 0 Å². The number of urea groups is 1. The van der Waals surface area contributed by atoms with Gasteiger partial charge in [0, 0.05) is 29.5 Å². The largest absolute Gasteiger partial charge is 0.497 e. The lowest BCUT2D eigenvalue weighted by Crippen LogP contribution is -2.50. The molecule has 0 spiro atoms. The van der Waals surface area contributed by atoms with Crippen molar-refractivity contribution in [1.82, 2.24) is 20.2 Å². The van der Waals surface area contributed by atoms with Gasteiger partial charge in [0.15, 0.2) is 5.16 Å². The highest BCUT2D eigenvalue weighted by atomic mass is 32.2. The number of methoxy groups -OCH3 is 1. The van der Waals surface area contributed by atoms with E-state index in [1.54, 1.807) is 20.2 Å². The van der Waals surface area contributed by atoms with Gasteiger partial charge in [-0.3, -0.25) is 4.57 Å². The van der Waals surface area contributed by atoms with Crippen LogP contribution in [-0.4, -0.2) is 47.1 Å². The third kappa shape index (κ3) is 4.73. The zero-order valence-electron chi connectivity index (χ0n) is 16.6. The summed E-state index contributed by atoms with van der Waals surface area (Å²) in [6.45, 7) is 3.94. The van der Waals surface area contributed by atoms with E-state index in [4.69, 9.17) is 9.47 Å². The van der Waals surface area contributed by atoms with Crippen LogP contribution >= 0.6 is 11.8 Å². The maximum absolute atomic E-state index is 12.5. The summed E-state index contributed by atoms with van der Waals surface area (Å²) in [5.41, 5.74) is 1.95. The van der Waals surface area contributed by atoms with E-state index in [0.717, 1.165) is 16.6 Å². The number of thioether (sulfide) groups is 1. The number of esters is 1. The van der Waals surface area contributed by atoms with Crippen LogP contribution in [0, 0.1) is 0 Å². The average molecular weight is 417 g/mol. The summed E-state index contributed by atoms with van der Waals surface area (Å²) < 4.78 is 12.3. The third-order valence-corrected chi connectivity index (χ3v) is 5.44. The van der Waals surface area contributed by atoms with Gasteiger partial charge in [-0.2, -0.15) is 0 Å². The SMILES string of the molecule is CCOC(=O)C1=C(CSc2nccn2-c2ccc(OC)cc2)NC(=O)N[C@H]1CC. The van der Waals surface area contributed by atoms with Gasteiger partial charge in [0.05, 0.1) is 25.3 Å². The predicted molar refractivity (Wildman–Crippen MR) is 110 cm³/mol. The average Bonchev–Trinajstić information content (AvgIpc) is 3.20. The van der Waals surface area contributed by atoms with Gasteiger partial charge >= 0.3 is 12.0 Å². The fourth-order valence-electron chi connectivity index (χ4n) is 3.05. The molecule has 0 unspecified atom stereocenters. The van der Waals surface area contributed by atoms with Crippen LogP contribution in [0.1, 0.15) is 20.3 Å². The molecule has 3 rings (SSSR count). The Morgan fingerprint density at radius 1 is 1.28 bits per heavy atom. The van der Waals surface area contributed by atoms with Crippen molar-refractivity contribution >= 4 is 23.8 Å². The van der Waals surface area contributed by atoms with Gasteiger partial charge in [-0.15, -0.1) is 0 Å². The molecule has 1 aromatic carbocycles. The van der Waals surface area contributed by atoms with E-state index in [-0.39, 0.29) is 18.7 Å². The molecule has 154 valence electrons. The third-order valence-electron chi connectivity index (χ3n) is 4.45. The Balaban J connectivity index is 1.84. The summed E-state index contributed by atoms with van der Waals surface area (Å²) in [4.78, 5) is 28.9. The molecular formula is C20H24N4O4S. The number of hydrogen-bond acceptors (Lipinski definition) is 6. The molecule has 1 atom stereocenters. The number of hydrogen-bond donors (Lipinski definition) is 2. The Hall–Kier alpha value is -2.94. The van der Waals surface area contributed by atoms with Gasteiger partial charge in [0.1, 0.15) is 5.75 Å². The quantitative estimate of drug-likeness (QED) is 0.508. The molecule has 0 saturated carbocycles. The Morgan fingerprint density at radius 3 is 2.69 bits per heavy atom. The number of carbonyl (C=O) groups is 2. The summed E-state index contributed by atoms with van der Waals surface area (Å²) in [5.74, 6) is 0.738. The van der Waals surface area contributed by atoms with Crippen molar-refractivity contribution in [2.45, 2.75) is 31.5 Å². The molecule has 2 heterocycles. The number of benzene rings is 1. The van der Waals surface area contributed by atoms with Gasteiger partial charge in [-0.1, -0.05) is 18.7 Å². The standard InChI is InChI=1S/C20H24N4O4S/c1-4-15-17(18(25)28-5-2)16(23-19(26)22-15)12-29-20-21-10-11-24(20)13-6-8-14(27-3)9-7-13/h6-11,15H,4-5,12H2,1-3H3,(H2,22,23,26)/t15-/m0/s1. The Morgan fingerprint density at radius 2 is 2.03 bits per heavy atom. The fourth-order valence-corrected chi connectivity index (χ4v) is 3.99. The first-order valence-electron chi connectivity index (χ1n) is 9.35. The van der Waals surface area contributed by atoms with Crippen LogP contribution in [0.3, 0.4) is 0 Å². The van der Waals surface area contributed by atoms with Crippen molar-refractivity contribution < 1.29 is 19.1 Å². The highest BCUT2D eigenvalue weighted by Crippen LogP contribution is 2.26. The number of rotatable bonds is 8. The van der Waals surface area contributed by atoms with Gasteiger partial charge < -0.3 is 20.1 Å². The second kappa shape index (κ2) is 9.51. The second-order valence-electron chi connectivity index (χ2n) is 6.24. The van der Waals surface area contributed by atoms with Crippen molar-refractivity contribution in [3.8, 4) is 11.4 Å². The second-order valence-corrected chi connectivity index (χ2v) is 7.18. The predicted octanol–water partition coefficient (Wildman–Crippen LogP) is 2.88. The number of carbonyl (C=O) groups excluding carboxylic acids is 2. The lowest BCUT2D eigenvalue weighted by atomic mass is 10.0. The number of nitrogens with zero attached hydrogens (tertiary/aromatic N) is 2.